The zero-order valence-corrected chi connectivity index (χ0v) is 23.7. The van der Waals surface area contributed by atoms with Crippen LogP contribution in [-0.4, -0.2) is 46.2 Å². The number of aromatic nitrogens is 1. The fourth-order valence-corrected chi connectivity index (χ4v) is 6.64. The number of amides is 2. The summed E-state index contributed by atoms with van der Waals surface area (Å²) >= 11 is 7.83. The SMILES string of the molecule is Cc1ccc2nc(-c3cccs3)c(CN(CCCN3CCCC3=O)C(=O)C3(c4ccc(Cl)cc4)CC3)cc2c1. The summed E-state index contributed by atoms with van der Waals surface area (Å²) in [6.07, 6.45) is 3.98. The van der Waals surface area contributed by atoms with E-state index >= 15 is 0 Å². The van der Waals surface area contributed by atoms with E-state index in [0.717, 1.165) is 64.8 Å². The number of nitrogens with zero attached hydrogens (tertiary/aromatic N) is 3. The maximum atomic E-state index is 14.3. The number of benzene rings is 2. The molecule has 1 aliphatic carbocycles. The molecule has 3 heterocycles. The molecule has 5 nitrogen and oxygen atoms in total. The third kappa shape index (κ3) is 5.32. The molecule has 4 aromatic rings. The first kappa shape index (κ1) is 26.0. The predicted octanol–water partition coefficient (Wildman–Crippen LogP) is 7.00. The Morgan fingerprint density at radius 2 is 1.95 bits per heavy atom. The third-order valence-corrected chi connectivity index (χ3v) is 9.16. The topological polar surface area (TPSA) is 53.5 Å². The first-order chi connectivity index (χ1) is 18.9. The van der Waals surface area contributed by atoms with Gasteiger partial charge in [-0.15, -0.1) is 11.3 Å². The van der Waals surface area contributed by atoms with Crippen molar-refractivity contribution < 1.29 is 9.59 Å². The first-order valence-corrected chi connectivity index (χ1v) is 15.0. The van der Waals surface area contributed by atoms with Crippen LogP contribution in [0.15, 0.2) is 66.0 Å². The lowest BCUT2D eigenvalue weighted by Gasteiger charge is -2.29. The fourth-order valence-electron chi connectivity index (χ4n) is 5.76. The molecule has 0 spiro atoms. The number of pyridine rings is 1. The highest BCUT2D eigenvalue weighted by atomic mass is 35.5. The van der Waals surface area contributed by atoms with E-state index < -0.39 is 5.41 Å². The average molecular weight is 558 g/mol. The van der Waals surface area contributed by atoms with Crippen molar-refractivity contribution in [2.24, 2.45) is 0 Å². The van der Waals surface area contributed by atoms with Gasteiger partial charge in [-0.3, -0.25) is 9.59 Å². The molecule has 200 valence electrons. The highest BCUT2D eigenvalue weighted by molar-refractivity contribution is 7.13. The molecule has 1 saturated heterocycles. The van der Waals surface area contributed by atoms with Crippen LogP contribution in [0.2, 0.25) is 5.02 Å². The van der Waals surface area contributed by atoms with Crippen molar-refractivity contribution in [2.45, 2.75) is 51.0 Å². The summed E-state index contributed by atoms with van der Waals surface area (Å²) < 4.78 is 0. The molecule has 2 aromatic carbocycles. The van der Waals surface area contributed by atoms with Gasteiger partial charge in [-0.05, 0) is 85.5 Å². The Kier molecular flexibility index (Phi) is 7.17. The molecule has 0 radical (unpaired) electrons. The average Bonchev–Trinajstić information content (AvgIpc) is 3.35. The van der Waals surface area contributed by atoms with Crippen LogP contribution in [0.3, 0.4) is 0 Å². The van der Waals surface area contributed by atoms with Gasteiger partial charge in [0.25, 0.3) is 0 Å². The zero-order valence-electron chi connectivity index (χ0n) is 22.2. The molecule has 0 atom stereocenters. The highest BCUT2D eigenvalue weighted by Crippen LogP contribution is 2.50. The number of hydrogen-bond acceptors (Lipinski definition) is 4. The fraction of sp³-hybridized carbons (Fsp3) is 0.344. The maximum absolute atomic E-state index is 14.3. The summed E-state index contributed by atoms with van der Waals surface area (Å²) in [5.74, 6) is 0.376. The first-order valence-electron chi connectivity index (χ1n) is 13.7. The number of thiophene rings is 1. The number of carbonyl (C=O) groups excluding carboxylic acids is 2. The Labute approximate surface area is 238 Å². The van der Waals surface area contributed by atoms with E-state index in [0.29, 0.717) is 31.1 Å². The van der Waals surface area contributed by atoms with E-state index in [-0.39, 0.29) is 11.8 Å². The van der Waals surface area contributed by atoms with Crippen molar-refractivity contribution in [3.63, 3.8) is 0 Å². The molecule has 1 aliphatic heterocycles. The predicted molar refractivity (Wildman–Crippen MR) is 158 cm³/mol. The minimum Gasteiger partial charge on any atom is -0.343 e. The number of aryl methyl sites for hydroxylation is 1. The van der Waals surface area contributed by atoms with Crippen LogP contribution >= 0.6 is 22.9 Å². The Balaban J connectivity index is 1.34. The molecule has 2 fully saturated rings. The number of rotatable bonds is 9. The van der Waals surface area contributed by atoms with E-state index in [1.807, 2.05) is 40.1 Å². The van der Waals surface area contributed by atoms with Crippen molar-refractivity contribution >= 4 is 45.7 Å². The van der Waals surface area contributed by atoms with E-state index in [2.05, 4.69) is 42.6 Å². The van der Waals surface area contributed by atoms with Gasteiger partial charge in [-0.2, -0.15) is 0 Å². The van der Waals surface area contributed by atoms with Crippen LogP contribution in [0.5, 0.6) is 0 Å². The monoisotopic (exact) mass is 557 g/mol. The van der Waals surface area contributed by atoms with Crippen LogP contribution in [-0.2, 0) is 21.5 Å². The molecule has 2 aromatic heterocycles. The largest absolute Gasteiger partial charge is 0.343 e. The van der Waals surface area contributed by atoms with E-state index in [1.54, 1.807) is 11.3 Å². The number of halogens is 1. The van der Waals surface area contributed by atoms with Crippen LogP contribution in [0.1, 0.15) is 48.8 Å². The van der Waals surface area contributed by atoms with Crippen LogP contribution in [0, 0.1) is 6.92 Å². The Morgan fingerprint density at radius 1 is 1.13 bits per heavy atom. The van der Waals surface area contributed by atoms with Crippen molar-refractivity contribution in [1.82, 2.24) is 14.8 Å². The van der Waals surface area contributed by atoms with Crippen molar-refractivity contribution in [3.05, 3.63) is 87.8 Å². The Hall–Kier alpha value is -3.22. The molecule has 0 N–H and O–H groups in total. The van der Waals surface area contributed by atoms with Crippen molar-refractivity contribution in [1.29, 1.82) is 0 Å². The molecule has 7 heteroatoms. The van der Waals surface area contributed by atoms with Gasteiger partial charge in [0.05, 0.1) is 21.5 Å². The van der Waals surface area contributed by atoms with Gasteiger partial charge in [0, 0.05) is 43.0 Å². The molecule has 2 amide bonds. The Morgan fingerprint density at radius 3 is 2.64 bits per heavy atom. The highest BCUT2D eigenvalue weighted by Gasteiger charge is 2.53. The van der Waals surface area contributed by atoms with Gasteiger partial charge >= 0.3 is 0 Å². The minimum absolute atomic E-state index is 0.152. The van der Waals surface area contributed by atoms with Gasteiger partial charge in [0.2, 0.25) is 11.8 Å². The number of likely N-dealkylation sites (tertiary alicyclic amines) is 1. The van der Waals surface area contributed by atoms with E-state index in [1.165, 1.54) is 5.56 Å². The molecule has 0 bridgehead atoms. The van der Waals surface area contributed by atoms with Crippen LogP contribution < -0.4 is 0 Å². The van der Waals surface area contributed by atoms with E-state index in [9.17, 15) is 9.59 Å². The van der Waals surface area contributed by atoms with Crippen molar-refractivity contribution in [3.8, 4) is 10.6 Å². The minimum atomic E-state index is -0.502. The zero-order chi connectivity index (χ0) is 27.0. The standard InChI is InChI=1S/C32H32ClN3O2S/c1-22-7-12-27-23(19-22)20-24(30(34-27)28-5-3-18-39-28)21-36(17-4-16-35-15-2-6-29(35)37)31(38)32(13-14-32)25-8-10-26(33)11-9-25/h3,5,7-12,18-20H,2,4,6,13-17,21H2,1H3. The summed E-state index contributed by atoms with van der Waals surface area (Å²) in [6, 6.07) is 20.4. The molecule has 2 aliphatic rings. The normalized spacial score (nSPS) is 16.2. The van der Waals surface area contributed by atoms with Gasteiger partial charge in [0.15, 0.2) is 0 Å². The van der Waals surface area contributed by atoms with Gasteiger partial charge < -0.3 is 9.80 Å². The molecule has 6 rings (SSSR count). The lowest BCUT2D eigenvalue weighted by Crippen LogP contribution is -2.40. The molecular formula is C32H32ClN3O2S. The summed E-state index contributed by atoms with van der Waals surface area (Å²) in [5, 5.41) is 3.82. The number of fused-ring (bicyclic) bond motifs is 1. The Bertz CT molecular complexity index is 1510. The molecule has 1 saturated carbocycles. The number of carbonyl (C=O) groups is 2. The van der Waals surface area contributed by atoms with Gasteiger partial charge in [-0.1, -0.05) is 41.4 Å². The lowest BCUT2D eigenvalue weighted by atomic mass is 9.93. The second-order valence-corrected chi connectivity index (χ2v) is 12.2. The maximum Gasteiger partial charge on any atom is 0.233 e. The summed E-state index contributed by atoms with van der Waals surface area (Å²) in [7, 11) is 0. The van der Waals surface area contributed by atoms with Crippen LogP contribution in [0.25, 0.3) is 21.5 Å². The van der Waals surface area contributed by atoms with Gasteiger partial charge in [0.1, 0.15) is 0 Å². The summed E-state index contributed by atoms with van der Waals surface area (Å²) in [5.41, 5.74) is 4.65. The smallest absolute Gasteiger partial charge is 0.233 e. The summed E-state index contributed by atoms with van der Waals surface area (Å²) in [4.78, 5) is 36.7. The molecule has 39 heavy (non-hydrogen) atoms. The van der Waals surface area contributed by atoms with Crippen molar-refractivity contribution in [2.75, 3.05) is 19.6 Å². The quantitative estimate of drug-likeness (QED) is 0.223. The second-order valence-electron chi connectivity index (χ2n) is 10.8. The molecular weight excluding hydrogens is 526 g/mol. The lowest BCUT2D eigenvalue weighted by molar-refractivity contribution is -0.134. The summed E-state index contributed by atoms with van der Waals surface area (Å²) in [6.45, 7) is 4.66. The van der Waals surface area contributed by atoms with Gasteiger partial charge in [-0.25, -0.2) is 4.98 Å². The molecule has 0 unspecified atom stereocenters. The second kappa shape index (κ2) is 10.7. The third-order valence-electron chi connectivity index (χ3n) is 8.04. The van der Waals surface area contributed by atoms with E-state index in [4.69, 9.17) is 16.6 Å². The van der Waals surface area contributed by atoms with Crippen LogP contribution in [0.4, 0.5) is 0 Å². The number of hydrogen-bond donors (Lipinski definition) is 0.